The Kier molecular flexibility index (Phi) is 12.5. The number of unbranched alkanes of at least 4 members (excludes halogenated alkanes) is 4. The highest BCUT2D eigenvalue weighted by Gasteiger charge is 2.27. The summed E-state index contributed by atoms with van der Waals surface area (Å²) in [7, 11) is 0. The largest absolute Gasteiger partial charge is 0.492 e. The van der Waals surface area contributed by atoms with Gasteiger partial charge in [-0.1, -0.05) is 43.2 Å². The molecule has 12 heteroatoms. The van der Waals surface area contributed by atoms with Crippen LogP contribution in [0.3, 0.4) is 0 Å². The van der Waals surface area contributed by atoms with E-state index in [1.807, 2.05) is 56.3 Å². The Hall–Kier alpha value is -3.84. The molecule has 246 valence electrons. The van der Waals surface area contributed by atoms with Crippen molar-refractivity contribution in [2.24, 2.45) is 5.73 Å². The van der Waals surface area contributed by atoms with Gasteiger partial charge in [-0.25, -0.2) is 9.59 Å². The van der Waals surface area contributed by atoms with Gasteiger partial charge in [0.1, 0.15) is 5.75 Å². The summed E-state index contributed by atoms with van der Waals surface area (Å²) in [4.78, 5) is 25.6. The molecule has 0 bridgehead atoms. The van der Waals surface area contributed by atoms with Crippen molar-refractivity contribution in [3.8, 4) is 11.6 Å². The Morgan fingerprint density at radius 3 is 2.64 bits per heavy atom. The molecule has 1 aliphatic rings. The highest BCUT2D eigenvalue weighted by molar-refractivity contribution is 5.87. The van der Waals surface area contributed by atoms with Crippen LogP contribution in [0.2, 0.25) is 0 Å². The van der Waals surface area contributed by atoms with Crippen molar-refractivity contribution in [3.05, 3.63) is 75.2 Å². The van der Waals surface area contributed by atoms with E-state index in [2.05, 4.69) is 15.6 Å². The van der Waals surface area contributed by atoms with Gasteiger partial charge >= 0.3 is 11.7 Å². The lowest BCUT2D eigenvalue weighted by Crippen LogP contribution is -2.35. The molecule has 0 fully saturated rings. The van der Waals surface area contributed by atoms with Crippen LogP contribution in [0.5, 0.6) is 11.6 Å². The van der Waals surface area contributed by atoms with Gasteiger partial charge in [0.25, 0.3) is 0 Å². The molecule has 12 nitrogen and oxygen atoms in total. The normalized spacial score (nSPS) is 14.5. The number of imidazole rings is 1. The second-order valence-electron chi connectivity index (χ2n) is 11.9. The second-order valence-corrected chi connectivity index (χ2v) is 11.9. The van der Waals surface area contributed by atoms with E-state index in [1.165, 1.54) is 0 Å². The van der Waals surface area contributed by atoms with Crippen molar-refractivity contribution in [1.29, 1.82) is 0 Å². The standard InChI is InChI=1S/C33H47N5O7/c1-33(2)44-22-26-19-25(13-14-28(26)45-33)27(39)20-35-15-6-3-4-7-16-43-17-8-5-10-23-11-9-12-24(18-23)21-38-30(40)29(36-31(34)41)37-32(38)42/h9,11-14,18-19,27,35,39-40H,3-8,10,15-17,20-22H2,1-2H3,(H,37,42)(H3,34,36,41)/t27-/m0/s1. The van der Waals surface area contributed by atoms with E-state index >= 15 is 0 Å². The molecule has 3 aromatic rings. The van der Waals surface area contributed by atoms with Crippen LogP contribution in [-0.4, -0.2) is 57.9 Å². The first kappa shape index (κ1) is 34.0. The van der Waals surface area contributed by atoms with Crippen LogP contribution in [0, 0.1) is 0 Å². The summed E-state index contributed by atoms with van der Waals surface area (Å²) in [5, 5.41) is 26.4. The number of nitrogens with one attached hydrogen (secondary N) is 3. The van der Waals surface area contributed by atoms with Crippen molar-refractivity contribution >= 4 is 11.8 Å². The average molecular weight is 626 g/mol. The topological polar surface area (TPSA) is 173 Å². The maximum atomic E-state index is 12.2. The molecular formula is C33H47N5O7. The molecule has 2 amide bonds. The number of carbonyl (C=O) groups excluding carboxylic acids is 1. The molecule has 0 radical (unpaired) electrons. The highest BCUT2D eigenvalue weighted by Crippen LogP contribution is 2.32. The number of anilines is 1. The molecule has 0 spiro atoms. The van der Waals surface area contributed by atoms with Crippen LogP contribution in [0.4, 0.5) is 10.6 Å². The van der Waals surface area contributed by atoms with E-state index < -0.39 is 23.6 Å². The number of aryl methyl sites for hydroxylation is 1. The summed E-state index contributed by atoms with van der Waals surface area (Å²) in [6.07, 6.45) is 6.55. The van der Waals surface area contributed by atoms with Gasteiger partial charge in [0.05, 0.1) is 19.3 Å². The number of aliphatic hydroxyl groups excluding tert-OH is 1. The van der Waals surface area contributed by atoms with Gasteiger partial charge in [-0.3, -0.25) is 14.9 Å². The van der Waals surface area contributed by atoms with Crippen molar-refractivity contribution in [3.63, 3.8) is 0 Å². The molecule has 4 rings (SSSR count). The van der Waals surface area contributed by atoms with Gasteiger partial charge in [-0.05, 0) is 67.5 Å². The Balaban J connectivity index is 1.01. The fourth-order valence-electron chi connectivity index (χ4n) is 5.25. The number of urea groups is 1. The van der Waals surface area contributed by atoms with E-state index in [0.717, 1.165) is 97.3 Å². The lowest BCUT2D eigenvalue weighted by atomic mass is 10.0. The lowest BCUT2D eigenvalue weighted by molar-refractivity contribution is -0.180. The number of hydrogen-bond acceptors (Lipinski definition) is 8. The quantitative estimate of drug-likeness (QED) is 0.114. The number of amides is 2. The molecule has 0 saturated heterocycles. The predicted octanol–water partition coefficient (Wildman–Crippen LogP) is 4.29. The molecule has 0 saturated carbocycles. The minimum Gasteiger partial charge on any atom is -0.492 e. The fraction of sp³-hybridized carbons (Fsp3) is 0.515. The zero-order valence-electron chi connectivity index (χ0n) is 26.3. The number of aromatic amines is 1. The number of aliphatic hydroxyl groups is 1. The number of aromatic hydroxyl groups is 1. The van der Waals surface area contributed by atoms with Crippen molar-refractivity contribution < 1.29 is 29.2 Å². The minimum atomic E-state index is -0.874. The van der Waals surface area contributed by atoms with Crippen molar-refractivity contribution in [2.45, 2.75) is 83.8 Å². The molecule has 2 heterocycles. The number of nitrogens with zero attached hydrogens (tertiary/aromatic N) is 1. The van der Waals surface area contributed by atoms with Gasteiger partial charge in [0.2, 0.25) is 11.7 Å². The lowest BCUT2D eigenvalue weighted by Gasteiger charge is -2.33. The molecule has 1 aliphatic heterocycles. The predicted molar refractivity (Wildman–Crippen MR) is 171 cm³/mol. The number of hydrogen-bond donors (Lipinski definition) is 6. The highest BCUT2D eigenvalue weighted by atomic mass is 16.7. The van der Waals surface area contributed by atoms with Gasteiger partial charge < -0.3 is 35.5 Å². The van der Waals surface area contributed by atoms with E-state index in [0.29, 0.717) is 13.2 Å². The van der Waals surface area contributed by atoms with Crippen molar-refractivity contribution in [2.75, 3.05) is 31.6 Å². The maximum absolute atomic E-state index is 12.2. The maximum Gasteiger partial charge on any atom is 0.330 e. The number of rotatable bonds is 18. The molecule has 7 N–H and O–H groups in total. The van der Waals surface area contributed by atoms with Gasteiger partial charge in [-0.15, -0.1) is 0 Å². The number of carbonyl (C=O) groups is 1. The number of aromatic nitrogens is 2. The summed E-state index contributed by atoms with van der Waals surface area (Å²) in [5.41, 5.74) is 8.36. The number of nitrogens with two attached hydrogens (primary N) is 1. The van der Waals surface area contributed by atoms with Crippen LogP contribution in [0.1, 0.15) is 80.7 Å². The van der Waals surface area contributed by atoms with E-state index in [-0.39, 0.29) is 18.2 Å². The molecule has 2 aromatic carbocycles. The monoisotopic (exact) mass is 625 g/mol. The Morgan fingerprint density at radius 1 is 1.09 bits per heavy atom. The summed E-state index contributed by atoms with van der Waals surface area (Å²) in [5.74, 6) is -0.301. The Morgan fingerprint density at radius 2 is 1.84 bits per heavy atom. The minimum absolute atomic E-state index is 0.119. The zero-order valence-corrected chi connectivity index (χ0v) is 26.3. The first-order valence-corrected chi connectivity index (χ1v) is 15.7. The number of H-pyrrole nitrogens is 1. The first-order valence-electron chi connectivity index (χ1n) is 15.7. The van der Waals surface area contributed by atoms with Gasteiger partial charge in [-0.2, -0.15) is 0 Å². The van der Waals surface area contributed by atoms with Crippen molar-refractivity contribution in [1.82, 2.24) is 14.9 Å². The number of fused-ring (bicyclic) bond motifs is 1. The Labute approximate surface area is 263 Å². The molecule has 1 atom stereocenters. The summed E-state index contributed by atoms with van der Waals surface area (Å²) >= 11 is 0. The van der Waals surface area contributed by atoms with Gasteiger partial charge in [0.15, 0.2) is 5.82 Å². The van der Waals surface area contributed by atoms with Gasteiger partial charge in [0, 0.05) is 39.2 Å². The molecule has 1 aromatic heterocycles. The fourth-order valence-corrected chi connectivity index (χ4v) is 5.25. The number of primary amides is 1. The van der Waals surface area contributed by atoms with Crippen LogP contribution >= 0.6 is 0 Å². The summed E-state index contributed by atoms with van der Waals surface area (Å²) in [6, 6.07) is 12.8. The smallest absolute Gasteiger partial charge is 0.330 e. The third-order valence-electron chi connectivity index (χ3n) is 7.67. The van der Waals surface area contributed by atoms with Crippen LogP contribution in [0.15, 0.2) is 47.3 Å². The summed E-state index contributed by atoms with van der Waals surface area (Å²) in [6.45, 7) is 7.27. The zero-order chi connectivity index (χ0) is 32.2. The third-order valence-corrected chi connectivity index (χ3v) is 7.67. The second kappa shape index (κ2) is 16.5. The van der Waals surface area contributed by atoms with Crippen LogP contribution in [0.25, 0.3) is 0 Å². The molecule has 45 heavy (non-hydrogen) atoms. The molecule has 0 unspecified atom stereocenters. The SMILES string of the molecule is CC1(C)OCc2cc([C@@H](O)CNCCCCCCOCCCCc3cccc(Cn4c(O)c(NC(N)=O)[nH]c4=O)c3)ccc2O1. The third kappa shape index (κ3) is 10.6. The van der Waals surface area contributed by atoms with Crippen LogP contribution in [-0.2, 0) is 29.0 Å². The summed E-state index contributed by atoms with van der Waals surface area (Å²) < 4.78 is 18.5. The first-order chi connectivity index (χ1) is 21.6. The number of ether oxygens (including phenoxy) is 3. The average Bonchev–Trinajstić information content (AvgIpc) is 3.25. The van der Waals surface area contributed by atoms with E-state index in [9.17, 15) is 19.8 Å². The van der Waals surface area contributed by atoms with E-state index in [4.69, 9.17) is 19.9 Å². The molecule has 0 aliphatic carbocycles. The number of benzene rings is 2. The van der Waals surface area contributed by atoms with Crippen LogP contribution < -0.4 is 26.8 Å². The molecular weight excluding hydrogens is 578 g/mol. The Bertz CT molecular complexity index is 1450. The van der Waals surface area contributed by atoms with E-state index in [1.54, 1.807) is 0 Å².